The van der Waals surface area contributed by atoms with Gasteiger partial charge >= 0.3 is 0 Å². The molecule has 2 aromatic heterocycles. The standard InChI is InChI=1S/C25H30N6O5S/c1-16-7-8-23-28-29-24(31(16)23)20-5-4-6-22(26-20)27-25(32)19-13-18-15-30(37(33,34)12-11-35-2)10-9-17(18)14-21(19)36-3/h4-6,13-14,16H,7-12,15H2,1-3H3,(H,26,27,32)/t16-/m1/s1. The van der Waals surface area contributed by atoms with Crippen LogP contribution in [0.3, 0.4) is 0 Å². The summed E-state index contributed by atoms with van der Waals surface area (Å²) in [4.78, 5) is 17.9. The lowest BCUT2D eigenvalue weighted by Gasteiger charge is -2.29. The number of sulfonamides is 1. The van der Waals surface area contributed by atoms with E-state index >= 15 is 0 Å². The highest BCUT2D eigenvalue weighted by Gasteiger charge is 2.29. The number of aryl methyl sites for hydroxylation is 1. The number of anilines is 1. The normalized spacial score (nSPS) is 17.3. The topological polar surface area (TPSA) is 129 Å². The van der Waals surface area contributed by atoms with Crippen LogP contribution in [0, 0.1) is 0 Å². The first-order valence-corrected chi connectivity index (χ1v) is 13.8. The number of pyridine rings is 1. The summed E-state index contributed by atoms with van der Waals surface area (Å²) >= 11 is 0. The van der Waals surface area contributed by atoms with Crippen molar-refractivity contribution < 1.29 is 22.7 Å². The number of carbonyl (C=O) groups excluding carboxylic acids is 1. The summed E-state index contributed by atoms with van der Waals surface area (Å²) in [6.45, 7) is 2.82. The minimum Gasteiger partial charge on any atom is -0.496 e. The first-order valence-electron chi connectivity index (χ1n) is 12.2. The maximum atomic E-state index is 13.3. The van der Waals surface area contributed by atoms with Gasteiger partial charge in [-0.2, -0.15) is 4.31 Å². The predicted octanol–water partition coefficient (Wildman–Crippen LogP) is 2.44. The van der Waals surface area contributed by atoms with Gasteiger partial charge in [0.2, 0.25) is 10.0 Å². The molecule has 0 unspecified atom stereocenters. The third-order valence-corrected chi connectivity index (χ3v) is 8.68. The quantitative estimate of drug-likeness (QED) is 0.474. The van der Waals surface area contributed by atoms with Gasteiger partial charge in [-0.3, -0.25) is 4.79 Å². The van der Waals surface area contributed by atoms with Gasteiger partial charge in [-0.15, -0.1) is 10.2 Å². The lowest BCUT2D eigenvalue weighted by Crippen LogP contribution is -2.38. The van der Waals surface area contributed by atoms with E-state index in [1.54, 1.807) is 12.1 Å². The van der Waals surface area contributed by atoms with Gasteiger partial charge < -0.3 is 19.4 Å². The molecule has 196 valence electrons. The lowest BCUT2D eigenvalue weighted by molar-refractivity contribution is 0.102. The molecule has 0 bridgehead atoms. The zero-order valence-electron chi connectivity index (χ0n) is 21.1. The summed E-state index contributed by atoms with van der Waals surface area (Å²) in [5.41, 5.74) is 2.66. The van der Waals surface area contributed by atoms with Crippen LogP contribution in [0.2, 0.25) is 0 Å². The second kappa shape index (κ2) is 10.2. The minimum absolute atomic E-state index is 0.0849. The van der Waals surface area contributed by atoms with Crippen molar-refractivity contribution in [3.05, 3.63) is 52.8 Å². The Morgan fingerprint density at radius 2 is 2.00 bits per heavy atom. The number of hydrogen-bond donors (Lipinski definition) is 1. The molecule has 12 heteroatoms. The van der Waals surface area contributed by atoms with E-state index in [1.165, 1.54) is 18.5 Å². The number of nitrogens with one attached hydrogen (secondary N) is 1. The number of nitrogens with zero attached hydrogens (tertiary/aromatic N) is 5. The van der Waals surface area contributed by atoms with Gasteiger partial charge in [-0.05, 0) is 55.2 Å². The Balaban J connectivity index is 1.39. The van der Waals surface area contributed by atoms with Crippen molar-refractivity contribution in [3.63, 3.8) is 0 Å². The molecular weight excluding hydrogens is 496 g/mol. The first-order chi connectivity index (χ1) is 17.8. The summed E-state index contributed by atoms with van der Waals surface area (Å²) in [5, 5.41) is 11.4. The molecule has 1 atom stereocenters. The summed E-state index contributed by atoms with van der Waals surface area (Å²) < 4.78 is 39.3. The SMILES string of the molecule is COCCS(=O)(=O)N1CCc2cc(OC)c(C(=O)Nc3cccc(-c4nnc5n4[C@H](C)CC5)n3)cc2C1. The molecule has 11 nitrogen and oxygen atoms in total. The van der Waals surface area contributed by atoms with Crippen molar-refractivity contribution >= 4 is 21.7 Å². The van der Waals surface area contributed by atoms with Crippen molar-refractivity contribution in [2.75, 3.05) is 38.4 Å². The molecule has 0 fully saturated rings. The number of amides is 1. The van der Waals surface area contributed by atoms with Gasteiger partial charge in [0.05, 0.1) is 25.0 Å². The first kappa shape index (κ1) is 25.3. The highest BCUT2D eigenvalue weighted by Crippen LogP contribution is 2.31. The Bertz CT molecular complexity index is 1440. The maximum Gasteiger partial charge on any atom is 0.260 e. The highest BCUT2D eigenvalue weighted by molar-refractivity contribution is 7.89. The predicted molar refractivity (Wildman–Crippen MR) is 137 cm³/mol. The number of rotatable bonds is 8. The van der Waals surface area contributed by atoms with E-state index in [2.05, 4.69) is 32.0 Å². The van der Waals surface area contributed by atoms with Gasteiger partial charge in [0.1, 0.15) is 23.1 Å². The highest BCUT2D eigenvalue weighted by atomic mass is 32.2. The van der Waals surface area contributed by atoms with Crippen LogP contribution >= 0.6 is 0 Å². The molecule has 0 spiro atoms. The van der Waals surface area contributed by atoms with E-state index in [-0.39, 0.29) is 24.9 Å². The van der Waals surface area contributed by atoms with Crippen LogP contribution in [-0.4, -0.2) is 71.5 Å². The van der Waals surface area contributed by atoms with Crippen LogP contribution < -0.4 is 10.1 Å². The molecule has 1 aromatic carbocycles. The van der Waals surface area contributed by atoms with Gasteiger partial charge in [0.25, 0.3) is 5.91 Å². The average molecular weight is 527 g/mol. The molecule has 2 aliphatic heterocycles. The zero-order chi connectivity index (χ0) is 26.2. The average Bonchev–Trinajstić information content (AvgIpc) is 3.49. The van der Waals surface area contributed by atoms with E-state index in [0.717, 1.165) is 29.8 Å². The molecular formula is C25H30N6O5S. The number of ether oxygens (including phenoxy) is 2. The number of carbonyl (C=O) groups is 1. The monoisotopic (exact) mass is 526 g/mol. The summed E-state index contributed by atoms with van der Waals surface area (Å²) in [6, 6.07) is 9.17. The van der Waals surface area contributed by atoms with E-state index in [0.29, 0.717) is 41.6 Å². The molecule has 4 heterocycles. The second-order valence-electron chi connectivity index (χ2n) is 9.27. The number of hydrogen-bond acceptors (Lipinski definition) is 8. The van der Waals surface area contributed by atoms with Crippen LogP contribution in [0.25, 0.3) is 11.5 Å². The molecule has 0 aliphatic carbocycles. The van der Waals surface area contributed by atoms with Crippen LogP contribution in [0.1, 0.15) is 46.7 Å². The fraction of sp³-hybridized carbons (Fsp3) is 0.440. The van der Waals surface area contributed by atoms with Gasteiger partial charge in [0, 0.05) is 32.7 Å². The van der Waals surface area contributed by atoms with Crippen LogP contribution in [0.15, 0.2) is 30.3 Å². The molecule has 3 aromatic rings. The molecule has 5 rings (SSSR count). The summed E-state index contributed by atoms with van der Waals surface area (Å²) in [5.74, 6) is 1.93. The smallest absolute Gasteiger partial charge is 0.260 e. The molecule has 0 radical (unpaired) electrons. The number of aromatic nitrogens is 4. The Kier molecular flexibility index (Phi) is 6.97. The second-order valence-corrected chi connectivity index (χ2v) is 11.4. The molecule has 1 amide bonds. The van der Waals surface area contributed by atoms with Gasteiger partial charge in [-0.1, -0.05) is 6.07 Å². The fourth-order valence-electron chi connectivity index (χ4n) is 4.87. The number of fused-ring (bicyclic) bond motifs is 2. The van der Waals surface area contributed by atoms with Crippen molar-refractivity contribution in [1.82, 2.24) is 24.1 Å². The molecule has 0 saturated carbocycles. The van der Waals surface area contributed by atoms with Crippen LogP contribution in [0.5, 0.6) is 5.75 Å². The Labute approximate surface area is 215 Å². The summed E-state index contributed by atoms with van der Waals surface area (Å²) in [7, 11) is -0.484. The van der Waals surface area contributed by atoms with Crippen molar-refractivity contribution in [3.8, 4) is 17.3 Å². The molecule has 1 N–H and O–H groups in total. The van der Waals surface area contributed by atoms with Gasteiger partial charge in [-0.25, -0.2) is 13.4 Å². The van der Waals surface area contributed by atoms with Gasteiger partial charge in [0.15, 0.2) is 5.82 Å². The zero-order valence-corrected chi connectivity index (χ0v) is 21.9. The van der Waals surface area contributed by atoms with Crippen LogP contribution in [-0.2, 0) is 34.1 Å². The minimum atomic E-state index is -3.47. The maximum absolute atomic E-state index is 13.3. The Hall–Kier alpha value is -3.35. The number of methoxy groups -OCH3 is 2. The molecule has 2 aliphatic rings. The van der Waals surface area contributed by atoms with E-state index in [1.807, 2.05) is 18.2 Å². The van der Waals surface area contributed by atoms with Crippen molar-refractivity contribution in [2.45, 2.75) is 38.8 Å². The molecule has 0 saturated heterocycles. The number of benzene rings is 1. The van der Waals surface area contributed by atoms with Crippen molar-refractivity contribution in [1.29, 1.82) is 0 Å². The third-order valence-electron chi connectivity index (χ3n) is 6.90. The Morgan fingerprint density at radius 1 is 1.16 bits per heavy atom. The van der Waals surface area contributed by atoms with E-state index in [4.69, 9.17) is 9.47 Å². The van der Waals surface area contributed by atoms with Crippen LogP contribution in [0.4, 0.5) is 5.82 Å². The fourth-order valence-corrected chi connectivity index (χ4v) is 6.21. The Morgan fingerprint density at radius 3 is 2.78 bits per heavy atom. The van der Waals surface area contributed by atoms with Crippen molar-refractivity contribution in [2.24, 2.45) is 0 Å². The van der Waals surface area contributed by atoms with E-state index in [9.17, 15) is 13.2 Å². The molecule has 37 heavy (non-hydrogen) atoms. The van der Waals surface area contributed by atoms with E-state index < -0.39 is 15.9 Å². The largest absolute Gasteiger partial charge is 0.496 e. The lowest BCUT2D eigenvalue weighted by atomic mass is 9.97. The summed E-state index contributed by atoms with van der Waals surface area (Å²) in [6.07, 6.45) is 2.43. The third kappa shape index (κ3) is 4.96.